The van der Waals surface area contributed by atoms with E-state index in [9.17, 15) is 9.18 Å². The fourth-order valence-corrected chi connectivity index (χ4v) is 4.21. The van der Waals surface area contributed by atoms with Gasteiger partial charge < -0.3 is 10.5 Å². The summed E-state index contributed by atoms with van der Waals surface area (Å²) in [6, 6.07) is 5.52. The van der Waals surface area contributed by atoms with E-state index in [4.69, 9.17) is 33.7 Å². The summed E-state index contributed by atoms with van der Waals surface area (Å²) in [5.74, 6) is -0.940. The van der Waals surface area contributed by atoms with Gasteiger partial charge in [-0.3, -0.25) is 9.79 Å². The molecule has 0 radical (unpaired) electrons. The second kappa shape index (κ2) is 8.57. The molecule has 2 N–H and O–H groups in total. The molecule has 2 heterocycles. The molecule has 1 aromatic carbocycles. The molecule has 30 heavy (non-hydrogen) atoms. The third-order valence-electron chi connectivity index (χ3n) is 5.24. The SMILES string of the molecule is CC[C@]1(c2cc(CC(=O)c3ncc(Cl)cc3Cl)ccc2F)N=C(N)COCC1(C)F. The normalized spacial score (nSPS) is 24.3. The predicted octanol–water partition coefficient (Wildman–Crippen LogP) is 4.67. The molecule has 0 saturated heterocycles. The number of ether oxygens (including phenoxy) is 1. The fourth-order valence-electron chi connectivity index (χ4n) is 3.73. The van der Waals surface area contributed by atoms with Crippen LogP contribution in [0.25, 0.3) is 0 Å². The van der Waals surface area contributed by atoms with Crippen LogP contribution in [0.15, 0.2) is 35.5 Å². The number of benzene rings is 1. The van der Waals surface area contributed by atoms with Gasteiger partial charge in [-0.1, -0.05) is 36.2 Å². The van der Waals surface area contributed by atoms with E-state index in [2.05, 4.69) is 9.98 Å². The van der Waals surface area contributed by atoms with Gasteiger partial charge in [0.1, 0.15) is 29.5 Å². The lowest BCUT2D eigenvalue weighted by Gasteiger charge is -2.39. The second-order valence-corrected chi connectivity index (χ2v) is 8.25. The first-order valence-corrected chi connectivity index (χ1v) is 10.1. The van der Waals surface area contributed by atoms with Gasteiger partial charge in [0, 0.05) is 18.2 Å². The van der Waals surface area contributed by atoms with Gasteiger partial charge in [0.05, 0.1) is 16.7 Å². The van der Waals surface area contributed by atoms with Gasteiger partial charge in [0.2, 0.25) is 0 Å². The molecule has 2 aromatic rings. The maximum atomic E-state index is 15.7. The molecular weight excluding hydrogens is 435 g/mol. The zero-order valence-electron chi connectivity index (χ0n) is 16.5. The van der Waals surface area contributed by atoms with E-state index in [0.717, 1.165) is 0 Å². The number of carbonyl (C=O) groups excluding carboxylic acids is 1. The maximum Gasteiger partial charge on any atom is 0.187 e. The summed E-state index contributed by atoms with van der Waals surface area (Å²) in [6.07, 6.45) is 1.35. The van der Waals surface area contributed by atoms with Crippen molar-refractivity contribution in [1.29, 1.82) is 0 Å². The average Bonchev–Trinajstić information content (AvgIpc) is 2.78. The molecule has 1 aliphatic rings. The number of amidine groups is 1. The summed E-state index contributed by atoms with van der Waals surface area (Å²) in [7, 11) is 0. The van der Waals surface area contributed by atoms with E-state index in [1.165, 1.54) is 37.4 Å². The summed E-state index contributed by atoms with van der Waals surface area (Å²) in [4.78, 5) is 21.0. The lowest BCUT2D eigenvalue weighted by Crippen LogP contribution is -2.48. The van der Waals surface area contributed by atoms with E-state index >= 15 is 4.39 Å². The van der Waals surface area contributed by atoms with Gasteiger partial charge >= 0.3 is 0 Å². The first-order valence-electron chi connectivity index (χ1n) is 9.33. The Bertz CT molecular complexity index is 1010. The highest BCUT2D eigenvalue weighted by Crippen LogP contribution is 2.45. The number of ketones is 1. The number of nitrogens with zero attached hydrogens (tertiary/aromatic N) is 2. The fraction of sp³-hybridized carbons (Fsp3) is 0.381. The number of nitrogens with two attached hydrogens (primary N) is 1. The van der Waals surface area contributed by atoms with E-state index in [1.807, 2.05) is 0 Å². The topological polar surface area (TPSA) is 77.6 Å². The molecule has 1 aromatic heterocycles. The minimum absolute atomic E-state index is 0.0175. The molecule has 3 rings (SSSR count). The van der Waals surface area contributed by atoms with Gasteiger partial charge in [-0.2, -0.15) is 0 Å². The number of aliphatic imine (C=N–C) groups is 1. The van der Waals surface area contributed by atoms with Crippen LogP contribution in [-0.2, 0) is 16.7 Å². The minimum Gasteiger partial charge on any atom is -0.386 e. The predicted molar refractivity (Wildman–Crippen MR) is 113 cm³/mol. The van der Waals surface area contributed by atoms with Gasteiger partial charge in [0.25, 0.3) is 0 Å². The summed E-state index contributed by atoms with van der Waals surface area (Å²) in [5, 5.41) is 0.424. The molecular formula is C21H21Cl2F2N3O2. The first-order chi connectivity index (χ1) is 14.1. The molecule has 1 unspecified atom stereocenters. The number of rotatable bonds is 5. The van der Waals surface area contributed by atoms with E-state index in [-0.39, 0.29) is 54.0 Å². The van der Waals surface area contributed by atoms with E-state index in [1.54, 1.807) is 6.92 Å². The van der Waals surface area contributed by atoms with Crippen LogP contribution in [0.1, 0.15) is 41.9 Å². The van der Waals surface area contributed by atoms with Crippen molar-refractivity contribution >= 4 is 34.8 Å². The van der Waals surface area contributed by atoms with Crippen molar-refractivity contribution in [2.45, 2.75) is 37.9 Å². The van der Waals surface area contributed by atoms with Gasteiger partial charge in [-0.05, 0) is 37.1 Å². The van der Waals surface area contributed by atoms with Crippen molar-refractivity contribution in [2.75, 3.05) is 13.2 Å². The number of Topliss-reactive ketones (excluding diaryl/α,β-unsaturated/α-hetero) is 1. The number of aromatic nitrogens is 1. The van der Waals surface area contributed by atoms with Crippen molar-refractivity contribution in [1.82, 2.24) is 4.98 Å². The zero-order valence-corrected chi connectivity index (χ0v) is 18.0. The monoisotopic (exact) mass is 455 g/mol. The molecule has 5 nitrogen and oxygen atoms in total. The Hall–Kier alpha value is -2.09. The van der Waals surface area contributed by atoms with Crippen molar-refractivity contribution in [3.63, 3.8) is 0 Å². The summed E-state index contributed by atoms with van der Waals surface area (Å²) in [6.45, 7) is 2.68. The number of pyridine rings is 1. The van der Waals surface area contributed by atoms with E-state index < -0.39 is 17.0 Å². The van der Waals surface area contributed by atoms with Crippen LogP contribution in [0.4, 0.5) is 8.78 Å². The Morgan fingerprint density at radius 1 is 1.33 bits per heavy atom. The third kappa shape index (κ3) is 4.19. The molecule has 2 atom stereocenters. The van der Waals surface area contributed by atoms with Crippen LogP contribution in [0.2, 0.25) is 10.0 Å². The highest BCUT2D eigenvalue weighted by molar-refractivity contribution is 6.36. The largest absolute Gasteiger partial charge is 0.386 e. The number of hydrogen-bond donors (Lipinski definition) is 1. The van der Waals surface area contributed by atoms with Gasteiger partial charge in [-0.15, -0.1) is 0 Å². The molecule has 9 heteroatoms. The van der Waals surface area contributed by atoms with Crippen LogP contribution in [0.5, 0.6) is 0 Å². The van der Waals surface area contributed by atoms with E-state index in [0.29, 0.717) is 10.6 Å². The molecule has 0 bridgehead atoms. The summed E-state index contributed by atoms with van der Waals surface area (Å²) in [5.41, 5.74) is 2.79. The van der Waals surface area contributed by atoms with Gasteiger partial charge in [-0.25, -0.2) is 13.8 Å². The summed E-state index contributed by atoms with van der Waals surface area (Å²) >= 11 is 11.9. The molecule has 0 aliphatic carbocycles. The van der Waals surface area contributed by atoms with Crippen LogP contribution < -0.4 is 5.73 Å². The van der Waals surface area contributed by atoms with Crippen LogP contribution in [-0.4, -0.2) is 35.5 Å². The highest BCUT2D eigenvalue weighted by atomic mass is 35.5. The Balaban J connectivity index is 2.04. The standard InChI is InChI=1S/C21H21Cl2F2N3O2/c1-3-21(20(2,25)11-30-10-18(26)28-21)14-6-12(4-5-16(14)24)7-17(29)19-15(23)8-13(22)9-27-19/h4-6,8-9H,3,7,10-11H2,1-2H3,(H2,26,28)/t20?,21-/m1/s1. The highest BCUT2D eigenvalue weighted by Gasteiger charge is 2.52. The molecule has 160 valence electrons. The third-order valence-corrected chi connectivity index (χ3v) is 5.74. The lowest BCUT2D eigenvalue weighted by molar-refractivity contribution is -0.00941. The number of halogens is 4. The molecule has 0 saturated carbocycles. The molecule has 0 fully saturated rings. The first kappa shape index (κ1) is 22.6. The average molecular weight is 456 g/mol. The zero-order chi connectivity index (χ0) is 22.1. The van der Waals surface area contributed by atoms with Crippen molar-refractivity contribution < 1.29 is 18.3 Å². The van der Waals surface area contributed by atoms with Gasteiger partial charge in [0.15, 0.2) is 11.5 Å². The van der Waals surface area contributed by atoms with Crippen LogP contribution in [0, 0.1) is 5.82 Å². The second-order valence-electron chi connectivity index (χ2n) is 7.41. The molecule has 0 spiro atoms. The molecule has 0 amide bonds. The summed E-state index contributed by atoms with van der Waals surface area (Å²) < 4.78 is 35.9. The van der Waals surface area contributed by atoms with Crippen molar-refractivity contribution in [3.05, 3.63) is 63.1 Å². The van der Waals surface area contributed by atoms with Crippen LogP contribution >= 0.6 is 23.2 Å². The van der Waals surface area contributed by atoms with Crippen molar-refractivity contribution in [2.24, 2.45) is 10.7 Å². The Kier molecular flexibility index (Phi) is 6.45. The van der Waals surface area contributed by atoms with Crippen molar-refractivity contribution in [3.8, 4) is 0 Å². The smallest absolute Gasteiger partial charge is 0.187 e. The quantitative estimate of drug-likeness (QED) is 0.664. The van der Waals surface area contributed by atoms with Crippen LogP contribution in [0.3, 0.4) is 0 Å². The maximum absolute atomic E-state index is 15.7. The Morgan fingerprint density at radius 2 is 2.07 bits per heavy atom. The Morgan fingerprint density at radius 3 is 2.73 bits per heavy atom. The number of hydrogen-bond acceptors (Lipinski definition) is 5. The number of alkyl halides is 1. The Labute approximate surface area is 183 Å². The minimum atomic E-state index is -2.02. The molecule has 1 aliphatic heterocycles. The lowest BCUT2D eigenvalue weighted by atomic mass is 9.74. The number of carbonyl (C=O) groups is 1.